The quantitative estimate of drug-likeness (QED) is 0.0803. The van der Waals surface area contributed by atoms with Crippen molar-refractivity contribution in [2.24, 2.45) is 0 Å². The Balaban J connectivity index is 0.000000198. The van der Waals surface area contributed by atoms with Gasteiger partial charge in [-0.15, -0.1) is 0 Å². The van der Waals surface area contributed by atoms with E-state index < -0.39 is 21.8 Å². The second-order valence-corrected chi connectivity index (χ2v) is 10.1. The van der Waals surface area contributed by atoms with E-state index in [4.69, 9.17) is 25.8 Å². The second kappa shape index (κ2) is 18.6. The monoisotopic (exact) mass is 746 g/mol. The van der Waals surface area contributed by atoms with Gasteiger partial charge in [-0.3, -0.25) is 30.2 Å². The smallest absolute Gasteiger partial charge is 0.362 e. The van der Waals surface area contributed by atoms with E-state index in [2.05, 4.69) is 30.1 Å². The lowest BCUT2D eigenvalue weighted by Crippen LogP contribution is -2.08. The van der Waals surface area contributed by atoms with E-state index in [1.54, 1.807) is 56.7 Å². The van der Waals surface area contributed by atoms with Gasteiger partial charge in [0, 0.05) is 36.9 Å². The number of nitrogens with zero attached hydrogens (tertiary/aromatic N) is 10. The summed E-state index contributed by atoms with van der Waals surface area (Å²) in [6.45, 7) is 3.72. The molecule has 0 aromatic carbocycles. The van der Waals surface area contributed by atoms with Crippen molar-refractivity contribution in [3.63, 3.8) is 0 Å². The number of pyridine rings is 4. The number of aromatic hydroxyl groups is 1. The Labute approximate surface area is 303 Å². The highest BCUT2D eigenvalue weighted by atomic mass is 35.5. The number of hydrogen-bond donors (Lipinski definition) is 1. The molecule has 0 fully saturated rings. The summed E-state index contributed by atoms with van der Waals surface area (Å²) in [7, 11) is 0. The van der Waals surface area contributed by atoms with E-state index in [1.165, 1.54) is 64.6 Å². The van der Waals surface area contributed by atoms with Gasteiger partial charge in [-0.2, -0.15) is 10.2 Å². The molecular weight excluding hydrogens is 720 g/mol. The maximum Gasteiger partial charge on any atom is 0.362 e. The van der Waals surface area contributed by atoms with Crippen molar-refractivity contribution in [3.05, 3.63) is 135 Å². The van der Waals surface area contributed by atoms with Gasteiger partial charge in [-0.25, -0.2) is 28.9 Å². The van der Waals surface area contributed by atoms with Gasteiger partial charge in [0.25, 0.3) is 5.88 Å². The maximum atomic E-state index is 12.2. The second-order valence-electron chi connectivity index (χ2n) is 9.71. The standard InChI is InChI=1S/C16H13N5O5.C11H11N3O3.C5H3ClN2O2/c1-2-25-16(22)14-13(10-20(19-14)11-5-3-7-17-9-11)26-15-12(21(23)24)6-4-8-18-15;1-2-17-11(16)10-9(15)7-14(13-10)8-4-3-5-12-6-8;6-5-4(8(9)10)2-1-3-7-5/h3-10H,2H2,1H3;3-7,15H,2H2,1H3;1-3H. The molecular formula is C32H27ClN10O10. The summed E-state index contributed by atoms with van der Waals surface area (Å²) in [6, 6.07) is 12.3. The fourth-order valence-electron chi connectivity index (χ4n) is 3.94. The summed E-state index contributed by atoms with van der Waals surface area (Å²) < 4.78 is 18.0. The minimum atomic E-state index is -0.719. The van der Waals surface area contributed by atoms with E-state index in [-0.39, 0.29) is 58.5 Å². The van der Waals surface area contributed by atoms with Crippen LogP contribution in [0.4, 0.5) is 11.4 Å². The number of ether oxygens (including phenoxy) is 3. The van der Waals surface area contributed by atoms with E-state index in [0.29, 0.717) is 11.4 Å². The number of carbonyl (C=O) groups is 2. The first-order valence-corrected chi connectivity index (χ1v) is 15.5. The highest BCUT2D eigenvalue weighted by molar-refractivity contribution is 6.31. The van der Waals surface area contributed by atoms with Gasteiger partial charge in [-0.1, -0.05) is 11.6 Å². The molecule has 272 valence electrons. The van der Waals surface area contributed by atoms with Crippen molar-refractivity contribution in [2.45, 2.75) is 13.8 Å². The summed E-state index contributed by atoms with van der Waals surface area (Å²) in [5.41, 5.74) is 0.494. The number of nitro groups is 2. The van der Waals surface area contributed by atoms with Gasteiger partial charge >= 0.3 is 23.3 Å². The Hall–Kier alpha value is -7.35. The summed E-state index contributed by atoms with van der Waals surface area (Å²) in [6.07, 6.45) is 11.8. The number of aromatic nitrogens is 8. The molecule has 0 unspecified atom stereocenters. The van der Waals surface area contributed by atoms with Crippen molar-refractivity contribution >= 4 is 34.9 Å². The molecule has 20 nitrogen and oxygen atoms in total. The summed E-state index contributed by atoms with van der Waals surface area (Å²) in [5, 5.41) is 38.8. The summed E-state index contributed by atoms with van der Waals surface area (Å²) in [4.78, 5) is 58.9. The normalized spacial score (nSPS) is 10.1. The van der Waals surface area contributed by atoms with Crippen LogP contribution in [0.25, 0.3) is 11.4 Å². The largest absolute Gasteiger partial charge is 0.504 e. The van der Waals surface area contributed by atoms with Crippen molar-refractivity contribution in [1.29, 1.82) is 0 Å². The molecule has 0 aliphatic rings. The fraction of sp³-hybridized carbons (Fsp3) is 0.125. The topological polar surface area (TPSA) is 256 Å². The van der Waals surface area contributed by atoms with Crippen molar-refractivity contribution in [1.82, 2.24) is 39.5 Å². The van der Waals surface area contributed by atoms with Crippen LogP contribution in [-0.2, 0) is 9.47 Å². The van der Waals surface area contributed by atoms with Crippen molar-refractivity contribution in [2.75, 3.05) is 13.2 Å². The Morgan fingerprint density at radius 1 is 0.755 bits per heavy atom. The number of hydrogen-bond acceptors (Lipinski definition) is 16. The van der Waals surface area contributed by atoms with Crippen LogP contribution in [0.15, 0.2) is 98.1 Å². The third-order valence-corrected chi connectivity index (χ3v) is 6.52. The molecule has 0 saturated carbocycles. The van der Waals surface area contributed by atoms with Crippen LogP contribution in [0.1, 0.15) is 34.8 Å². The first kappa shape index (κ1) is 38.5. The number of halogens is 1. The molecule has 0 aliphatic heterocycles. The number of esters is 2. The van der Waals surface area contributed by atoms with Crippen molar-refractivity contribution in [3.8, 4) is 28.8 Å². The summed E-state index contributed by atoms with van der Waals surface area (Å²) >= 11 is 5.37. The van der Waals surface area contributed by atoms with Crippen LogP contribution in [0.3, 0.4) is 0 Å². The van der Waals surface area contributed by atoms with Crippen LogP contribution in [0, 0.1) is 20.2 Å². The lowest BCUT2D eigenvalue weighted by molar-refractivity contribution is -0.386. The van der Waals surface area contributed by atoms with Crippen molar-refractivity contribution < 1.29 is 38.8 Å². The SMILES string of the molecule is CCOC(=O)c1nn(-c2cccnc2)cc1O.CCOC(=O)c1nn(-c2cccnc2)cc1Oc1ncccc1[N+](=O)[O-].O=[N+]([O-])c1cccnc1Cl. The Kier molecular flexibility index (Phi) is 13.5. The third kappa shape index (κ3) is 10.3. The average molecular weight is 747 g/mol. The van der Waals surface area contributed by atoms with E-state index >= 15 is 0 Å². The molecule has 6 rings (SSSR count). The molecule has 6 heterocycles. The predicted molar refractivity (Wildman–Crippen MR) is 183 cm³/mol. The minimum absolute atomic E-state index is 0.0193. The molecule has 6 aromatic rings. The van der Waals surface area contributed by atoms with Crippen LogP contribution in [-0.4, -0.2) is 79.6 Å². The molecule has 0 spiro atoms. The highest BCUT2D eigenvalue weighted by Gasteiger charge is 2.25. The minimum Gasteiger partial charge on any atom is -0.504 e. The fourth-order valence-corrected chi connectivity index (χ4v) is 4.13. The lowest BCUT2D eigenvalue weighted by Gasteiger charge is -2.04. The molecule has 0 atom stereocenters. The van der Waals surface area contributed by atoms with Gasteiger partial charge in [-0.05, 0) is 50.2 Å². The molecule has 0 amide bonds. The van der Waals surface area contributed by atoms with Gasteiger partial charge in [0.2, 0.25) is 16.5 Å². The van der Waals surface area contributed by atoms with E-state index in [0.717, 1.165) is 0 Å². The number of carbonyl (C=O) groups excluding carboxylic acids is 2. The molecule has 6 aromatic heterocycles. The lowest BCUT2D eigenvalue weighted by atomic mass is 10.4. The average Bonchev–Trinajstić information content (AvgIpc) is 3.77. The molecule has 0 radical (unpaired) electrons. The molecule has 0 bridgehead atoms. The first-order chi connectivity index (χ1) is 25.5. The van der Waals surface area contributed by atoms with Gasteiger partial charge in [0.1, 0.15) is 0 Å². The zero-order valence-electron chi connectivity index (χ0n) is 27.6. The molecule has 53 heavy (non-hydrogen) atoms. The Bertz CT molecular complexity index is 2180. The Morgan fingerprint density at radius 3 is 1.77 bits per heavy atom. The zero-order chi connectivity index (χ0) is 38.3. The predicted octanol–water partition coefficient (Wildman–Crippen LogP) is 5.33. The Morgan fingerprint density at radius 2 is 1.26 bits per heavy atom. The zero-order valence-corrected chi connectivity index (χ0v) is 28.4. The summed E-state index contributed by atoms with van der Waals surface area (Å²) in [5.74, 6) is -1.86. The first-order valence-electron chi connectivity index (χ1n) is 15.1. The van der Waals surface area contributed by atoms with Crippen LogP contribution in [0.2, 0.25) is 5.15 Å². The number of rotatable bonds is 10. The third-order valence-electron chi connectivity index (χ3n) is 6.22. The van der Waals surface area contributed by atoms with Gasteiger partial charge < -0.3 is 19.3 Å². The van der Waals surface area contributed by atoms with Crippen LogP contribution in [0.5, 0.6) is 17.4 Å². The molecule has 21 heteroatoms. The van der Waals surface area contributed by atoms with Gasteiger partial charge in [0.15, 0.2) is 11.5 Å². The molecule has 0 saturated heterocycles. The van der Waals surface area contributed by atoms with E-state index in [9.17, 15) is 34.9 Å². The molecule has 1 N–H and O–H groups in total. The van der Waals surface area contributed by atoms with Crippen LogP contribution < -0.4 is 4.74 Å². The van der Waals surface area contributed by atoms with E-state index in [1.807, 2.05) is 0 Å². The van der Waals surface area contributed by atoms with Crippen LogP contribution >= 0.6 is 11.6 Å². The van der Waals surface area contributed by atoms with Gasteiger partial charge in [0.05, 0.1) is 59.2 Å². The highest BCUT2D eigenvalue weighted by Crippen LogP contribution is 2.31. The maximum absolute atomic E-state index is 12.2. The molecule has 0 aliphatic carbocycles.